The third-order valence-electron chi connectivity index (χ3n) is 2.46. The highest BCUT2D eigenvalue weighted by atomic mass is 16.5. The number of hydrogen-bond acceptors (Lipinski definition) is 5. The van der Waals surface area contributed by atoms with Gasteiger partial charge >= 0.3 is 5.97 Å². The number of anilines is 1. The molecule has 0 atom stereocenters. The van der Waals surface area contributed by atoms with Gasteiger partial charge in [-0.15, -0.1) is 0 Å². The van der Waals surface area contributed by atoms with Gasteiger partial charge in [0.1, 0.15) is 0 Å². The Bertz CT molecular complexity index is 589. The summed E-state index contributed by atoms with van der Waals surface area (Å²) in [7, 11) is 1.34. The number of esters is 1. The molecule has 0 fully saturated rings. The van der Waals surface area contributed by atoms with E-state index in [-0.39, 0.29) is 5.97 Å². The van der Waals surface area contributed by atoms with Crippen molar-refractivity contribution in [2.24, 2.45) is 10.2 Å². The fourth-order valence-corrected chi connectivity index (χ4v) is 1.44. The lowest BCUT2D eigenvalue weighted by Gasteiger charge is -1.98. The maximum atomic E-state index is 11.2. The maximum Gasteiger partial charge on any atom is 0.337 e. The van der Waals surface area contributed by atoms with Crippen LogP contribution in [0.4, 0.5) is 17.1 Å². The Morgan fingerprint density at radius 1 is 0.947 bits per heavy atom. The number of nitrogens with two attached hydrogens (primary N) is 1. The zero-order valence-electron chi connectivity index (χ0n) is 10.4. The van der Waals surface area contributed by atoms with Crippen LogP contribution in [0.2, 0.25) is 0 Å². The highest BCUT2D eigenvalue weighted by Crippen LogP contribution is 2.19. The van der Waals surface area contributed by atoms with Gasteiger partial charge in [-0.1, -0.05) is 0 Å². The molecular weight excluding hydrogens is 242 g/mol. The van der Waals surface area contributed by atoms with Gasteiger partial charge < -0.3 is 10.5 Å². The molecule has 2 rings (SSSR count). The first-order chi connectivity index (χ1) is 9.19. The predicted octanol–water partition coefficient (Wildman–Crippen LogP) is 3.47. The van der Waals surface area contributed by atoms with E-state index in [1.54, 1.807) is 48.5 Å². The molecule has 19 heavy (non-hydrogen) atoms. The third kappa shape index (κ3) is 3.38. The molecular formula is C14H13N3O2. The van der Waals surface area contributed by atoms with Crippen LogP contribution in [-0.2, 0) is 4.74 Å². The summed E-state index contributed by atoms with van der Waals surface area (Å²) in [4.78, 5) is 11.2. The number of carbonyl (C=O) groups excluding carboxylic acids is 1. The molecule has 5 nitrogen and oxygen atoms in total. The largest absolute Gasteiger partial charge is 0.465 e. The lowest BCUT2D eigenvalue weighted by Crippen LogP contribution is -1.99. The number of methoxy groups -OCH3 is 1. The SMILES string of the molecule is COC(=O)c1ccc(N=Nc2ccc(N)cc2)cc1. The third-order valence-corrected chi connectivity index (χ3v) is 2.46. The van der Waals surface area contributed by atoms with Crippen molar-refractivity contribution in [2.45, 2.75) is 0 Å². The van der Waals surface area contributed by atoms with Gasteiger partial charge in [0.25, 0.3) is 0 Å². The zero-order chi connectivity index (χ0) is 13.7. The molecule has 0 aliphatic heterocycles. The van der Waals surface area contributed by atoms with Gasteiger partial charge in [-0.3, -0.25) is 0 Å². The molecule has 0 heterocycles. The fourth-order valence-electron chi connectivity index (χ4n) is 1.44. The molecule has 0 saturated carbocycles. The number of hydrogen-bond donors (Lipinski definition) is 1. The summed E-state index contributed by atoms with van der Waals surface area (Å²) in [6.07, 6.45) is 0. The van der Waals surface area contributed by atoms with Crippen molar-refractivity contribution in [2.75, 3.05) is 12.8 Å². The van der Waals surface area contributed by atoms with Crippen LogP contribution in [0, 0.1) is 0 Å². The van der Waals surface area contributed by atoms with E-state index in [2.05, 4.69) is 15.0 Å². The van der Waals surface area contributed by atoms with Crippen LogP contribution in [-0.4, -0.2) is 13.1 Å². The highest BCUT2D eigenvalue weighted by molar-refractivity contribution is 5.89. The molecule has 0 saturated heterocycles. The van der Waals surface area contributed by atoms with Crippen molar-refractivity contribution in [1.82, 2.24) is 0 Å². The second kappa shape index (κ2) is 5.77. The van der Waals surface area contributed by atoms with Gasteiger partial charge in [-0.05, 0) is 48.5 Å². The van der Waals surface area contributed by atoms with Crippen molar-refractivity contribution in [1.29, 1.82) is 0 Å². The number of nitrogen functional groups attached to an aromatic ring is 1. The Morgan fingerprint density at radius 3 is 1.89 bits per heavy atom. The second-order valence-corrected chi connectivity index (χ2v) is 3.83. The van der Waals surface area contributed by atoms with Crippen LogP contribution in [0.15, 0.2) is 58.8 Å². The van der Waals surface area contributed by atoms with E-state index in [9.17, 15) is 4.79 Å². The summed E-state index contributed by atoms with van der Waals surface area (Å²) in [5, 5.41) is 8.13. The van der Waals surface area contributed by atoms with Crippen molar-refractivity contribution >= 4 is 23.0 Å². The summed E-state index contributed by atoms with van der Waals surface area (Å²) < 4.78 is 4.61. The molecule has 5 heteroatoms. The van der Waals surface area contributed by atoms with E-state index < -0.39 is 0 Å². The standard InChI is InChI=1S/C14H13N3O2/c1-19-14(18)10-2-6-12(7-3-10)16-17-13-8-4-11(15)5-9-13/h2-9H,15H2,1H3. The Hall–Kier alpha value is -2.69. The smallest absolute Gasteiger partial charge is 0.337 e. The van der Waals surface area contributed by atoms with Crippen molar-refractivity contribution in [3.8, 4) is 0 Å². The molecule has 0 spiro atoms. The first kappa shape index (κ1) is 12.8. The summed E-state index contributed by atoms with van der Waals surface area (Å²) in [5.74, 6) is -0.373. The molecule has 0 radical (unpaired) electrons. The summed E-state index contributed by atoms with van der Waals surface area (Å²) in [6, 6.07) is 13.8. The van der Waals surface area contributed by atoms with E-state index in [4.69, 9.17) is 5.73 Å². The van der Waals surface area contributed by atoms with E-state index in [1.165, 1.54) is 7.11 Å². The zero-order valence-corrected chi connectivity index (χ0v) is 10.4. The monoisotopic (exact) mass is 255 g/mol. The van der Waals surface area contributed by atoms with E-state index >= 15 is 0 Å². The Kier molecular flexibility index (Phi) is 3.87. The van der Waals surface area contributed by atoms with Crippen LogP contribution in [0.5, 0.6) is 0 Å². The van der Waals surface area contributed by atoms with Gasteiger partial charge in [0.15, 0.2) is 0 Å². The maximum absolute atomic E-state index is 11.2. The van der Waals surface area contributed by atoms with Gasteiger partial charge in [0.05, 0.1) is 24.0 Å². The lowest BCUT2D eigenvalue weighted by molar-refractivity contribution is 0.0601. The minimum Gasteiger partial charge on any atom is -0.465 e. The molecule has 0 aliphatic carbocycles. The van der Waals surface area contributed by atoms with E-state index in [0.29, 0.717) is 22.6 Å². The van der Waals surface area contributed by atoms with Crippen LogP contribution in [0.1, 0.15) is 10.4 Å². The molecule has 2 aromatic rings. The quantitative estimate of drug-likeness (QED) is 0.518. The van der Waals surface area contributed by atoms with E-state index in [1.807, 2.05) is 0 Å². The first-order valence-corrected chi connectivity index (χ1v) is 5.65. The topological polar surface area (TPSA) is 77.0 Å². The van der Waals surface area contributed by atoms with Gasteiger partial charge in [0.2, 0.25) is 0 Å². The number of carbonyl (C=O) groups is 1. The Labute approximate surface area is 110 Å². The molecule has 0 aromatic heterocycles. The van der Waals surface area contributed by atoms with Gasteiger partial charge in [-0.2, -0.15) is 10.2 Å². The molecule has 2 aromatic carbocycles. The number of nitrogens with zero attached hydrogens (tertiary/aromatic N) is 2. The average Bonchev–Trinajstić information content (AvgIpc) is 2.46. The number of azo groups is 1. The molecule has 0 amide bonds. The molecule has 96 valence electrons. The molecule has 2 N–H and O–H groups in total. The van der Waals surface area contributed by atoms with Crippen molar-refractivity contribution in [3.05, 3.63) is 54.1 Å². The summed E-state index contributed by atoms with van der Waals surface area (Å²) in [6.45, 7) is 0. The highest BCUT2D eigenvalue weighted by Gasteiger charge is 2.03. The number of rotatable bonds is 3. The molecule has 0 bridgehead atoms. The molecule has 0 unspecified atom stereocenters. The Balaban J connectivity index is 2.11. The molecule has 0 aliphatic rings. The Morgan fingerprint density at radius 2 is 1.42 bits per heavy atom. The van der Waals surface area contributed by atoms with Crippen molar-refractivity contribution < 1.29 is 9.53 Å². The lowest BCUT2D eigenvalue weighted by atomic mass is 10.2. The minimum absolute atomic E-state index is 0.373. The van der Waals surface area contributed by atoms with E-state index in [0.717, 1.165) is 0 Å². The van der Waals surface area contributed by atoms with Crippen LogP contribution in [0.3, 0.4) is 0 Å². The van der Waals surface area contributed by atoms with Crippen LogP contribution >= 0.6 is 0 Å². The first-order valence-electron chi connectivity index (χ1n) is 5.65. The average molecular weight is 255 g/mol. The van der Waals surface area contributed by atoms with Crippen LogP contribution in [0.25, 0.3) is 0 Å². The number of benzene rings is 2. The summed E-state index contributed by atoms with van der Waals surface area (Å²) >= 11 is 0. The minimum atomic E-state index is -0.373. The number of ether oxygens (including phenoxy) is 1. The second-order valence-electron chi connectivity index (χ2n) is 3.83. The fraction of sp³-hybridized carbons (Fsp3) is 0.0714. The normalized spacial score (nSPS) is 10.6. The van der Waals surface area contributed by atoms with Crippen LogP contribution < -0.4 is 5.73 Å². The predicted molar refractivity (Wildman–Crippen MR) is 72.8 cm³/mol. The van der Waals surface area contributed by atoms with Gasteiger partial charge in [-0.25, -0.2) is 4.79 Å². The summed E-state index contributed by atoms with van der Waals surface area (Å²) in [5.41, 5.74) is 8.11. The van der Waals surface area contributed by atoms with Gasteiger partial charge in [0, 0.05) is 5.69 Å². The van der Waals surface area contributed by atoms with Crippen molar-refractivity contribution in [3.63, 3.8) is 0 Å².